The maximum absolute atomic E-state index is 9.96. The van der Waals surface area contributed by atoms with Crippen molar-refractivity contribution in [2.45, 2.75) is 19.1 Å². The van der Waals surface area contributed by atoms with Gasteiger partial charge in [0.2, 0.25) is 0 Å². The highest BCUT2D eigenvalue weighted by molar-refractivity contribution is 9.10. The first-order valence-electron chi connectivity index (χ1n) is 7.00. The van der Waals surface area contributed by atoms with Crippen molar-refractivity contribution >= 4 is 15.9 Å². The van der Waals surface area contributed by atoms with Crippen molar-refractivity contribution in [1.29, 1.82) is 0 Å². The van der Waals surface area contributed by atoms with E-state index in [1.165, 1.54) is 5.56 Å². The molecule has 0 spiro atoms. The second kappa shape index (κ2) is 8.17. The second-order valence-corrected chi connectivity index (χ2v) is 5.88. The first kappa shape index (κ1) is 16.0. The molecule has 0 heterocycles. The van der Waals surface area contributed by atoms with Crippen LogP contribution in [0.25, 0.3) is 0 Å². The second-order valence-electron chi connectivity index (χ2n) is 4.96. The molecule has 0 fully saturated rings. The number of hydrogen-bond acceptors (Lipinski definition) is 3. The molecular weight excluding hydrogens is 330 g/mol. The Bertz CT molecular complexity index is 547. The van der Waals surface area contributed by atoms with Gasteiger partial charge in [0.05, 0.1) is 0 Å². The molecule has 21 heavy (non-hydrogen) atoms. The van der Waals surface area contributed by atoms with E-state index in [1.54, 1.807) is 0 Å². The van der Waals surface area contributed by atoms with Gasteiger partial charge in [0.15, 0.2) is 0 Å². The van der Waals surface area contributed by atoms with Gasteiger partial charge in [-0.1, -0.05) is 46.3 Å². The standard InChI is InChI=1S/C17H20BrNO2/c1-13(14-6-5-7-15(18)10-14)19-11-16(20)12-21-17-8-3-2-4-9-17/h2-10,13,16,19-20H,11-12H2,1H3/t13-,16?/m1/s1. The third-order valence-electron chi connectivity index (χ3n) is 3.19. The van der Waals surface area contributed by atoms with Gasteiger partial charge in [0.1, 0.15) is 18.5 Å². The molecule has 0 radical (unpaired) electrons. The molecule has 112 valence electrons. The molecule has 2 aromatic rings. The van der Waals surface area contributed by atoms with E-state index < -0.39 is 6.10 Å². The van der Waals surface area contributed by atoms with E-state index in [2.05, 4.69) is 40.3 Å². The van der Waals surface area contributed by atoms with Gasteiger partial charge in [0.25, 0.3) is 0 Å². The molecule has 1 unspecified atom stereocenters. The first-order valence-corrected chi connectivity index (χ1v) is 7.79. The van der Waals surface area contributed by atoms with E-state index in [9.17, 15) is 5.11 Å². The maximum atomic E-state index is 9.96. The smallest absolute Gasteiger partial charge is 0.119 e. The summed E-state index contributed by atoms with van der Waals surface area (Å²) < 4.78 is 6.58. The summed E-state index contributed by atoms with van der Waals surface area (Å²) in [4.78, 5) is 0. The monoisotopic (exact) mass is 349 g/mol. The third kappa shape index (κ3) is 5.50. The number of aliphatic hydroxyl groups excluding tert-OH is 1. The molecule has 2 atom stereocenters. The number of halogens is 1. The Balaban J connectivity index is 1.74. The molecular formula is C17H20BrNO2. The molecule has 0 amide bonds. The first-order chi connectivity index (χ1) is 10.1. The van der Waals surface area contributed by atoms with E-state index in [0.29, 0.717) is 6.54 Å². The van der Waals surface area contributed by atoms with E-state index in [4.69, 9.17) is 4.74 Å². The number of hydrogen-bond donors (Lipinski definition) is 2. The average Bonchev–Trinajstić information content (AvgIpc) is 2.51. The fourth-order valence-electron chi connectivity index (χ4n) is 1.97. The number of rotatable bonds is 7. The average molecular weight is 350 g/mol. The molecule has 3 nitrogen and oxygen atoms in total. The lowest BCUT2D eigenvalue weighted by molar-refractivity contribution is 0.104. The van der Waals surface area contributed by atoms with Gasteiger partial charge < -0.3 is 15.2 Å². The number of para-hydroxylation sites is 1. The minimum absolute atomic E-state index is 0.175. The van der Waals surface area contributed by atoms with Crippen LogP contribution in [0.1, 0.15) is 18.5 Å². The van der Waals surface area contributed by atoms with Gasteiger partial charge in [-0.15, -0.1) is 0 Å². The quantitative estimate of drug-likeness (QED) is 0.803. The van der Waals surface area contributed by atoms with E-state index in [1.807, 2.05) is 42.5 Å². The van der Waals surface area contributed by atoms with Crippen molar-refractivity contribution in [2.24, 2.45) is 0 Å². The van der Waals surface area contributed by atoms with Crippen LogP contribution in [0.15, 0.2) is 59.1 Å². The molecule has 0 saturated heterocycles. The van der Waals surface area contributed by atoms with Crippen LogP contribution in [-0.4, -0.2) is 24.4 Å². The van der Waals surface area contributed by atoms with Gasteiger partial charge in [0, 0.05) is 17.1 Å². The summed E-state index contributed by atoms with van der Waals surface area (Å²) in [6, 6.07) is 17.8. The molecule has 0 aliphatic rings. The summed E-state index contributed by atoms with van der Waals surface area (Å²) >= 11 is 3.46. The Morgan fingerprint density at radius 2 is 1.90 bits per heavy atom. The van der Waals surface area contributed by atoms with E-state index in [0.717, 1.165) is 10.2 Å². The van der Waals surface area contributed by atoms with Crippen LogP contribution in [0, 0.1) is 0 Å². The van der Waals surface area contributed by atoms with Crippen LogP contribution in [0.3, 0.4) is 0 Å². The Hall–Kier alpha value is -1.36. The Morgan fingerprint density at radius 3 is 2.62 bits per heavy atom. The van der Waals surface area contributed by atoms with Gasteiger partial charge in [-0.05, 0) is 36.8 Å². The summed E-state index contributed by atoms with van der Waals surface area (Å²) in [5.41, 5.74) is 1.18. The molecule has 0 aliphatic heterocycles. The molecule has 0 aliphatic carbocycles. The summed E-state index contributed by atoms with van der Waals surface area (Å²) in [6.07, 6.45) is -0.542. The topological polar surface area (TPSA) is 41.5 Å². The lowest BCUT2D eigenvalue weighted by Crippen LogP contribution is -2.33. The number of benzene rings is 2. The van der Waals surface area contributed by atoms with Gasteiger partial charge in [-0.25, -0.2) is 0 Å². The molecule has 2 rings (SSSR count). The molecule has 0 bridgehead atoms. The van der Waals surface area contributed by atoms with Crippen LogP contribution in [0.4, 0.5) is 0 Å². The number of ether oxygens (including phenoxy) is 1. The number of nitrogens with one attached hydrogen (secondary N) is 1. The van der Waals surface area contributed by atoms with Crippen LogP contribution < -0.4 is 10.1 Å². The highest BCUT2D eigenvalue weighted by Gasteiger charge is 2.09. The molecule has 0 aromatic heterocycles. The van der Waals surface area contributed by atoms with E-state index in [-0.39, 0.29) is 12.6 Å². The minimum Gasteiger partial charge on any atom is -0.491 e. The molecule has 2 aromatic carbocycles. The van der Waals surface area contributed by atoms with Gasteiger partial charge in [-0.3, -0.25) is 0 Å². The lowest BCUT2D eigenvalue weighted by Gasteiger charge is -2.18. The molecule has 0 saturated carbocycles. The van der Waals surface area contributed by atoms with Crippen molar-refractivity contribution in [3.05, 3.63) is 64.6 Å². The predicted octanol–water partition coefficient (Wildman–Crippen LogP) is 3.54. The Morgan fingerprint density at radius 1 is 1.14 bits per heavy atom. The molecule has 4 heteroatoms. The highest BCUT2D eigenvalue weighted by atomic mass is 79.9. The summed E-state index contributed by atoms with van der Waals surface area (Å²) in [5.74, 6) is 0.775. The molecule has 2 N–H and O–H groups in total. The fourth-order valence-corrected chi connectivity index (χ4v) is 2.39. The van der Waals surface area contributed by atoms with E-state index >= 15 is 0 Å². The Kier molecular flexibility index (Phi) is 6.23. The van der Waals surface area contributed by atoms with Gasteiger partial charge in [-0.2, -0.15) is 0 Å². The predicted molar refractivity (Wildman–Crippen MR) is 88.5 cm³/mol. The number of aliphatic hydroxyl groups is 1. The normalized spacial score (nSPS) is 13.7. The van der Waals surface area contributed by atoms with Crippen LogP contribution in [0.5, 0.6) is 5.75 Å². The van der Waals surface area contributed by atoms with Gasteiger partial charge >= 0.3 is 0 Å². The zero-order chi connectivity index (χ0) is 15.1. The summed E-state index contributed by atoms with van der Waals surface area (Å²) in [5, 5.41) is 13.3. The Labute approximate surface area is 134 Å². The largest absolute Gasteiger partial charge is 0.491 e. The summed E-state index contributed by atoms with van der Waals surface area (Å²) in [7, 11) is 0. The summed E-state index contributed by atoms with van der Waals surface area (Å²) in [6.45, 7) is 2.84. The third-order valence-corrected chi connectivity index (χ3v) is 3.69. The van der Waals surface area contributed by atoms with Crippen LogP contribution in [0.2, 0.25) is 0 Å². The zero-order valence-corrected chi connectivity index (χ0v) is 13.6. The van der Waals surface area contributed by atoms with Crippen molar-refractivity contribution in [2.75, 3.05) is 13.2 Å². The van der Waals surface area contributed by atoms with Crippen molar-refractivity contribution in [1.82, 2.24) is 5.32 Å². The van der Waals surface area contributed by atoms with Crippen LogP contribution in [-0.2, 0) is 0 Å². The highest BCUT2D eigenvalue weighted by Crippen LogP contribution is 2.17. The SMILES string of the molecule is C[C@@H](NCC(O)COc1ccccc1)c1cccc(Br)c1. The van der Waals surface area contributed by atoms with Crippen LogP contribution >= 0.6 is 15.9 Å². The zero-order valence-electron chi connectivity index (χ0n) is 12.0. The van der Waals surface area contributed by atoms with Crippen molar-refractivity contribution in [3.8, 4) is 5.75 Å². The van der Waals surface area contributed by atoms with Crippen molar-refractivity contribution in [3.63, 3.8) is 0 Å². The van der Waals surface area contributed by atoms with Crippen molar-refractivity contribution < 1.29 is 9.84 Å². The lowest BCUT2D eigenvalue weighted by atomic mass is 10.1. The fraction of sp³-hybridized carbons (Fsp3) is 0.294. The minimum atomic E-state index is -0.542. The maximum Gasteiger partial charge on any atom is 0.119 e.